The molecule has 122 valence electrons. The summed E-state index contributed by atoms with van der Waals surface area (Å²) in [6.45, 7) is 0. The molecule has 3 rings (SSSR count). The van der Waals surface area contributed by atoms with Crippen LogP contribution in [0.1, 0.15) is 5.56 Å². The quantitative estimate of drug-likeness (QED) is 0.499. The average Bonchev–Trinajstić information content (AvgIpc) is 2.78. The van der Waals surface area contributed by atoms with Gasteiger partial charge in [-0.3, -0.25) is 9.69 Å². The maximum Gasteiger partial charge on any atom is 0.270 e. The van der Waals surface area contributed by atoms with E-state index in [4.69, 9.17) is 47.0 Å². The van der Waals surface area contributed by atoms with Gasteiger partial charge in [0.15, 0.2) is 4.32 Å². The lowest BCUT2D eigenvalue weighted by atomic mass is 10.2. The number of benzene rings is 2. The van der Waals surface area contributed by atoms with Crippen molar-refractivity contribution in [1.29, 1.82) is 0 Å². The summed E-state index contributed by atoms with van der Waals surface area (Å²) in [6.07, 6.45) is 1.51. The highest BCUT2D eigenvalue weighted by molar-refractivity contribution is 8.27. The molecule has 1 amide bonds. The maximum absolute atomic E-state index is 12.7. The molecule has 1 aliphatic heterocycles. The summed E-state index contributed by atoms with van der Waals surface area (Å²) in [5.41, 5.74) is 0.931. The lowest BCUT2D eigenvalue weighted by Gasteiger charge is -2.14. The zero-order chi connectivity index (χ0) is 17.4. The lowest BCUT2D eigenvalue weighted by Crippen LogP contribution is -2.27. The number of anilines is 1. The summed E-state index contributed by atoms with van der Waals surface area (Å²) < 4.78 is 0.376. The van der Waals surface area contributed by atoms with Crippen LogP contribution in [0.2, 0.25) is 15.1 Å². The van der Waals surface area contributed by atoms with Crippen LogP contribution in [0.3, 0.4) is 0 Å². The second-order valence-corrected chi connectivity index (χ2v) is 7.78. The first-order valence-corrected chi connectivity index (χ1v) is 8.94. The Hall–Kier alpha value is -1.24. The topological polar surface area (TPSA) is 40.5 Å². The van der Waals surface area contributed by atoms with E-state index in [0.29, 0.717) is 30.5 Å². The van der Waals surface area contributed by atoms with Gasteiger partial charge in [0.2, 0.25) is 0 Å². The first-order valence-electron chi connectivity index (χ1n) is 6.58. The zero-order valence-electron chi connectivity index (χ0n) is 11.8. The fourth-order valence-electron chi connectivity index (χ4n) is 2.14. The highest BCUT2D eigenvalue weighted by atomic mass is 35.5. The zero-order valence-corrected chi connectivity index (χ0v) is 15.7. The third-order valence-corrected chi connectivity index (χ3v) is 5.25. The van der Waals surface area contributed by atoms with Crippen molar-refractivity contribution in [2.24, 2.45) is 0 Å². The number of nitrogens with zero attached hydrogens (tertiary/aromatic N) is 1. The average molecular weight is 417 g/mol. The second kappa shape index (κ2) is 6.94. The molecule has 3 nitrogen and oxygen atoms in total. The Morgan fingerprint density at radius 2 is 1.88 bits per heavy atom. The Bertz CT molecular complexity index is 899. The monoisotopic (exact) mass is 415 g/mol. The number of aromatic hydroxyl groups is 1. The van der Waals surface area contributed by atoms with E-state index in [1.54, 1.807) is 24.3 Å². The first kappa shape index (κ1) is 17.6. The van der Waals surface area contributed by atoms with E-state index < -0.39 is 0 Å². The molecule has 0 unspecified atom stereocenters. The number of amides is 1. The number of hydrogen-bond acceptors (Lipinski definition) is 4. The van der Waals surface area contributed by atoms with Crippen molar-refractivity contribution >= 4 is 80.8 Å². The number of hydrogen-bond donors (Lipinski definition) is 1. The third kappa shape index (κ3) is 3.41. The van der Waals surface area contributed by atoms with Crippen LogP contribution in [-0.4, -0.2) is 15.3 Å². The van der Waals surface area contributed by atoms with Crippen LogP contribution in [0.25, 0.3) is 6.08 Å². The Morgan fingerprint density at radius 1 is 1.12 bits per heavy atom. The van der Waals surface area contributed by atoms with Crippen molar-refractivity contribution in [3.63, 3.8) is 0 Å². The lowest BCUT2D eigenvalue weighted by molar-refractivity contribution is -0.113. The molecular formula is C16H8Cl3NO2S2. The van der Waals surface area contributed by atoms with Gasteiger partial charge >= 0.3 is 0 Å². The molecule has 0 spiro atoms. The van der Waals surface area contributed by atoms with Gasteiger partial charge in [0.05, 0.1) is 15.6 Å². The molecule has 24 heavy (non-hydrogen) atoms. The molecule has 1 saturated heterocycles. The van der Waals surface area contributed by atoms with Crippen molar-refractivity contribution in [2.75, 3.05) is 4.90 Å². The largest absolute Gasteiger partial charge is 0.506 e. The van der Waals surface area contributed by atoms with E-state index in [-0.39, 0.29) is 16.7 Å². The van der Waals surface area contributed by atoms with Gasteiger partial charge in [-0.25, -0.2) is 0 Å². The van der Waals surface area contributed by atoms with Gasteiger partial charge in [-0.05, 0) is 36.4 Å². The maximum atomic E-state index is 12.7. The number of thioether (sulfide) groups is 1. The summed E-state index contributed by atoms with van der Waals surface area (Å²) in [7, 11) is 0. The van der Waals surface area contributed by atoms with Crippen LogP contribution in [0.4, 0.5) is 5.69 Å². The Morgan fingerprint density at radius 3 is 2.58 bits per heavy atom. The van der Waals surface area contributed by atoms with E-state index in [0.717, 1.165) is 11.8 Å². The number of phenolic OH excluding ortho intramolecular Hbond substituents is 1. The van der Waals surface area contributed by atoms with Crippen LogP contribution in [0.15, 0.2) is 41.3 Å². The minimum absolute atomic E-state index is 0.110. The van der Waals surface area contributed by atoms with Crippen LogP contribution in [0, 0.1) is 0 Å². The van der Waals surface area contributed by atoms with Crippen LogP contribution in [0.5, 0.6) is 5.75 Å². The summed E-state index contributed by atoms with van der Waals surface area (Å²) in [5.74, 6) is -0.447. The number of thiocarbonyl (C=S) groups is 1. The molecule has 8 heteroatoms. The van der Waals surface area contributed by atoms with Crippen LogP contribution < -0.4 is 4.90 Å². The smallest absolute Gasteiger partial charge is 0.270 e. The SMILES string of the molecule is O=C1C(=Cc2cc(Cl)cc(Cl)c2O)SC(=S)N1c1cccc(Cl)c1. The predicted molar refractivity (Wildman–Crippen MR) is 105 cm³/mol. The summed E-state index contributed by atoms with van der Waals surface area (Å²) in [6, 6.07) is 9.80. The van der Waals surface area contributed by atoms with E-state index >= 15 is 0 Å². The van der Waals surface area contributed by atoms with Gasteiger partial charge in [-0.2, -0.15) is 0 Å². The van der Waals surface area contributed by atoms with Crippen LogP contribution >= 0.6 is 58.8 Å². The Balaban J connectivity index is 2.00. The Labute approximate surface area is 162 Å². The van der Waals surface area contributed by atoms with E-state index in [9.17, 15) is 9.90 Å². The molecule has 1 aliphatic rings. The molecule has 0 radical (unpaired) electrons. The number of carbonyl (C=O) groups excluding carboxylic acids is 1. The number of phenols is 1. The van der Waals surface area contributed by atoms with E-state index in [1.165, 1.54) is 23.1 Å². The van der Waals surface area contributed by atoms with Gasteiger partial charge in [0.1, 0.15) is 5.75 Å². The van der Waals surface area contributed by atoms with Gasteiger partial charge in [-0.15, -0.1) is 0 Å². The van der Waals surface area contributed by atoms with Crippen molar-refractivity contribution < 1.29 is 9.90 Å². The van der Waals surface area contributed by atoms with Crippen molar-refractivity contribution in [3.05, 3.63) is 61.9 Å². The van der Waals surface area contributed by atoms with Gasteiger partial charge < -0.3 is 5.11 Å². The molecule has 2 aromatic carbocycles. The molecule has 2 aromatic rings. The van der Waals surface area contributed by atoms with Gasteiger partial charge in [0, 0.05) is 15.6 Å². The molecule has 1 heterocycles. The van der Waals surface area contributed by atoms with Crippen LogP contribution in [-0.2, 0) is 4.79 Å². The fraction of sp³-hybridized carbons (Fsp3) is 0. The summed E-state index contributed by atoms with van der Waals surface area (Å²) >= 11 is 24.2. The third-order valence-electron chi connectivity index (χ3n) is 3.20. The highest BCUT2D eigenvalue weighted by Gasteiger charge is 2.33. The van der Waals surface area contributed by atoms with Gasteiger partial charge in [-0.1, -0.05) is 64.8 Å². The minimum Gasteiger partial charge on any atom is -0.506 e. The number of rotatable bonds is 2. The Kier molecular flexibility index (Phi) is 5.08. The molecule has 0 bridgehead atoms. The molecule has 0 saturated carbocycles. The number of carbonyl (C=O) groups is 1. The molecular weight excluding hydrogens is 409 g/mol. The molecule has 0 aromatic heterocycles. The summed E-state index contributed by atoms with van der Waals surface area (Å²) in [4.78, 5) is 14.4. The van der Waals surface area contributed by atoms with Crippen molar-refractivity contribution in [1.82, 2.24) is 0 Å². The molecule has 1 fully saturated rings. The van der Waals surface area contributed by atoms with E-state index in [2.05, 4.69) is 0 Å². The summed E-state index contributed by atoms with van der Waals surface area (Å²) in [5, 5.41) is 11.0. The second-order valence-electron chi connectivity index (χ2n) is 4.82. The minimum atomic E-state index is -0.303. The molecule has 1 N–H and O–H groups in total. The fourth-order valence-corrected chi connectivity index (χ4v) is 4.13. The number of halogens is 3. The standard InChI is InChI=1S/C16H8Cl3NO2S2/c17-9-2-1-3-11(6-9)20-15(22)13(24-16(20)23)5-8-4-10(18)7-12(19)14(8)21/h1-7,21H. The van der Waals surface area contributed by atoms with E-state index in [1.807, 2.05) is 0 Å². The van der Waals surface area contributed by atoms with Crippen molar-refractivity contribution in [3.8, 4) is 5.75 Å². The predicted octanol–water partition coefficient (Wildman–Crippen LogP) is 5.76. The molecule has 0 aliphatic carbocycles. The first-order chi connectivity index (χ1) is 11.4. The van der Waals surface area contributed by atoms with Crippen molar-refractivity contribution in [2.45, 2.75) is 0 Å². The normalized spacial score (nSPS) is 16.3. The van der Waals surface area contributed by atoms with Gasteiger partial charge in [0.25, 0.3) is 5.91 Å². The molecule has 0 atom stereocenters. The highest BCUT2D eigenvalue weighted by Crippen LogP contribution is 2.39.